The molecule has 180 valence electrons. The fourth-order valence-electron chi connectivity index (χ4n) is 3.92. The van der Waals surface area contributed by atoms with E-state index in [1.807, 2.05) is 61.5 Å². The van der Waals surface area contributed by atoms with Crippen LogP contribution in [0.2, 0.25) is 0 Å². The van der Waals surface area contributed by atoms with Crippen LogP contribution in [-0.2, 0) is 14.4 Å². The highest BCUT2D eigenvalue weighted by molar-refractivity contribution is 8.00. The van der Waals surface area contributed by atoms with Gasteiger partial charge in [0.2, 0.25) is 11.8 Å². The fourth-order valence-corrected chi connectivity index (χ4v) is 4.93. The Morgan fingerprint density at radius 2 is 1.65 bits per heavy atom. The molecule has 0 saturated carbocycles. The molecule has 0 bridgehead atoms. The van der Waals surface area contributed by atoms with E-state index in [4.69, 9.17) is 0 Å². The molecule has 3 atom stereocenters. The molecule has 2 aromatic rings. The van der Waals surface area contributed by atoms with Crippen LogP contribution in [0, 0.1) is 11.8 Å². The van der Waals surface area contributed by atoms with Crippen LogP contribution in [-0.4, -0.2) is 28.1 Å². The summed E-state index contributed by atoms with van der Waals surface area (Å²) in [7, 11) is 0. The van der Waals surface area contributed by atoms with Crippen LogP contribution in [0.25, 0.3) is 0 Å². The minimum atomic E-state index is -0.954. The van der Waals surface area contributed by atoms with Crippen LogP contribution in [0.15, 0.2) is 65.6 Å². The summed E-state index contributed by atoms with van der Waals surface area (Å²) in [5, 5.41) is 15.0. The maximum atomic E-state index is 12.9. The molecule has 34 heavy (non-hydrogen) atoms. The molecule has 1 aliphatic carbocycles. The molecule has 3 unspecified atom stereocenters. The molecular weight excluding hydrogens is 448 g/mol. The Hall–Kier alpha value is -3.06. The number of thioether (sulfide) groups is 1. The number of allylic oxidation sites excluding steroid dienone is 2. The van der Waals surface area contributed by atoms with Crippen molar-refractivity contribution in [2.24, 2.45) is 11.8 Å². The van der Waals surface area contributed by atoms with Crippen LogP contribution in [0.5, 0.6) is 0 Å². The van der Waals surface area contributed by atoms with Crippen molar-refractivity contribution >= 4 is 40.9 Å². The molecule has 2 aromatic carbocycles. The number of carboxylic acid groups (broad SMARTS) is 1. The highest BCUT2D eigenvalue weighted by Crippen LogP contribution is 2.31. The number of hydrogen-bond acceptors (Lipinski definition) is 4. The summed E-state index contributed by atoms with van der Waals surface area (Å²) in [4.78, 5) is 38.0. The lowest BCUT2D eigenvalue weighted by Crippen LogP contribution is -2.34. The van der Waals surface area contributed by atoms with Crippen molar-refractivity contribution in [3.8, 4) is 0 Å². The van der Waals surface area contributed by atoms with E-state index in [0.717, 1.165) is 10.6 Å². The van der Waals surface area contributed by atoms with Gasteiger partial charge in [0.05, 0.1) is 17.1 Å². The van der Waals surface area contributed by atoms with E-state index >= 15 is 0 Å². The standard InChI is InChI=1S/C27H32N2O4S/c1-4-24(26(31)28-19-14-12-18(13-15-19)17(2)3)34-21-9-7-8-20(16-21)29-25(30)22-10-5-6-11-23(22)27(32)33/h5-9,12-17,22-24H,4,10-11H2,1-3H3,(H,28,31)(H,29,30)(H,32,33). The minimum absolute atomic E-state index is 0.0717. The third-order valence-electron chi connectivity index (χ3n) is 5.97. The Bertz CT molecular complexity index is 1050. The van der Waals surface area contributed by atoms with Crippen molar-refractivity contribution in [1.29, 1.82) is 0 Å². The van der Waals surface area contributed by atoms with Crippen molar-refractivity contribution in [1.82, 2.24) is 0 Å². The van der Waals surface area contributed by atoms with Gasteiger partial charge in [-0.3, -0.25) is 14.4 Å². The van der Waals surface area contributed by atoms with E-state index in [9.17, 15) is 19.5 Å². The van der Waals surface area contributed by atoms with Gasteiger partial charge >= 0.3 is 5.97 Å². The van der Waals surface area contributed by atoms with Gasteiger partial charge in [-0.05, 0) is 61.1 Å². The van der Waals surface area contributed by atoms with Crippen molar-refractivity contribution in [2.75, 3.05) is 10.6 Å². The number of carboxylic acids is 1. The maximum Gasteiger partial charge on any atom is 0.307 e. The van der Waals surface area contributed by atoms with Crippen LogP contribution < -0.4 is 10.6 Å². The molecule has 0 aromatic heterocycles. The maximum absolute atomic E-state index is 12.9. The van der Waals surface area contributed by atoms with Gasteiger partial charge < -0.3 is 15.7 Å². The summed E-state index contributed by atoms with van der Waals surface area (Å²) in [6.07, 6.45) is 5.08. The largest absolute Gasteiger partial charge is 0.481 e. The van der Waals surface area contributed by atoms with E-state index in [0.29, 0.717) is 30.9 Å². The van der Waals surface area contributed by atoms with Gasteiger partial charge in [0.1, 0.15) is 0 Å². The van der Waals surface area contributed by atoms with Crippen molar-refractivity contribution < 1.29 is 19.5 Å². The average molecular weight is 481 g/mol. The van der Waals surface area contributed by atoms with E-state index in [1.165, 1.54) is 17.3 Å². The van der Waals surface area contributed by atoms with Crippen molar-refractivity contribution in [2.45, 2.75) is 56.1 Å². The molecule has 0 fully saturated rings. The second-order valence-corrected chi connectivity index (χ2v) is 10.1. The number of nitrogens with one attached hydrogen (secondary N) is 2. The molecule has 0 heterocycles. The lowest BCUT2D eigenvalue weighted by Gasteiger charge is -2.24. The second-order valence-electron chi connectivity index (χ2n) is 8.79. The number of hydrogen-bond donors (Lipinski definition) is 3. The first-order chi connectivity index (χ1) is 16.3. The number of carbonyl (C=O) groups is 3. The van der Waals surface area contributed by atoms with Gasteiger partial charge in [0.25, 0.3) is 0 Å². The van der Waals surface area contributed by atoms with Crippen molar-refractivity contribution in [3.63, 3.8) is 0 Å². The molecule has 0 radical (unpaired) electrons. The topological polar surface area (TPSA) is 95.5 Å². The molecule has 0 spiro atoms. The number of amides is 2. The number of anilines is 2. The zero-order valence-corrected chi connectivity index (χ0v) is 20.6. The predicted octanol–water partition coefficient (Wildman–Crippen LogP) is 5.92. The SMILES string of the molecule is CCC(Sc1cccc(NC(=O)C2CC=CCC2C(=O)O)c1)C(=O)Nc1ccc(C(C)C)cc1. The lowest BCUT2D eigenvalue weighted by molar-refractivity contribution is -0.146. The number of rotatable bonds is 9. The zero-order chi connectivity index (χ0) is 24.7. The third kappa shape index (κ3) is 6.73. The van der Waals surface area contributed by atoms with Gasteiger partial charge in [0.15, 0.2) is 0 Å². The first-order valence-corrected chi connectivity index (χ1v) is 12.5. The third-order valence-corrected chi connectivity index (χ3v) is 7.33. The first kappa shape index (κ1) is 25.6. The quantitative estimate of drug-likeness (QED) is 0.306. The molecule has 2 amide bonds. The molecule has 7 heteroatoms. The number of benzene rings is 2. The summed E-state index contributed by atoms with van der Waals surface area (Å²) < 4.78 is 0. The van der Waals surface area contributed by atoms with Gasteiger partial charge in [0, 0.05) is 16.3 Å². The molecule has 1 aliphatic rings. The number of carbonyl (C=O) groups excluding carboxylic acids is 2. The summed E-state index contributed by atoms with van der Waals surface area (Å²) in [6.45, 7) is 6.22. The summed E-state index contributed by atoms with van der Waals surface area (Å²) >= 11 is 1.44. The summed E-state index contributed by atoms with van der Waals surface area (Å²) in [5.41, 5.74) is 2.58. The van der Waals surface area contributed by atoms with E-state index in [2.05, 4.69) is 24.5 Å². The Labute approximate surface area is 205 Å². The molecule has 3 N–H and O–H groups in total. The minimum Gasteiger partial charge on any atom is -0.481 e. The van der Waals surface area contributed by atoms with Gasteiger partial charge in [-0.25, -0.2) is 0 Å². The Balaban J connectivity index is 1.63. The number of aliphatic carboxylic acids is 1. The van der Waals surface area contributed by atoms with Gasteiger partial charge in [-0.15, -0.1) is 11.8 Å². The van der Waals surface area contributed by atoms with Crippen molar-refractivity contribution in [3.05, 3.63) is 66.2 Å². The second kappa shape index (κ2) is 11.9. The molecule has 6 nitrogen and oxygen atoms in total. The van der Waals surface area contributed by atoms with Crippen LogP contribution in [0.4, 0.5) is 11.4 Å². The first-order valence-electron chi connectivity index (χ1n) is 11.6. The highest BCUT2D eigenvalue weighted by Gasteiger charge is 2.34. The Kier molecular flexibility index (Phi) is 8.93. The predicted molar refractivity (Wildman–Crippen MR) is 137 cm³/mol. The Morgan fingerprint density at radius 3 is 2.26 bits per heavy atom. The van der Waals surface area contributed by atoms with Crippen LogP contribution in [0.1, 0.15) is 51.5 Å². The molecule has 3 rings (SSSR count). The van der Waals surface area contributed by atoms with E-state index in [1.54, 1.807) is 6.07 Å². The van der Waals surface area contributed by atoms with E-state index < -0.39 is 17.8 Å². The highest BCUT2D eigenvalue weighted by atomic mass is 32.2. The van der Waals surface area contributed by atoms with Crippen LogP contribution in [0.3, 0.4) is 0 Å². The molecule has 0 saturated heterocycles. The fraction of sp³-hybridized carbons (Fsp3) is 0.370. The van der Waals surface area contributed by atoms with Gasteiger partial charge in [-0.2, -0.15) is 0 Å². The van der Waals surface area contributed by atoms with Gasteiger partial charge in [-0.1, -0.05) is 51.1 Å². The Morgan fingerprint density at radius 1 is 0.971 bits per heavy atom. The average Bonchev–Trinajstić information content (AvgIpc) is 2.83. The monoisotopic (exact) mass is 480 g/mol. The summed E-state index contributed by atoms with van der Waals surface area (Å²) in [5.74, 6) is -2.21. The molecular formula is C27H32N2O4S. The summed E-state index contributed by atoms with van der Waals surface area (Å²) in [6, 6.07) is 15.2. The van der Waals surface area contributed by atoms with E-state index in [-0.39, 0.29) is 17.1 Å². The van der Waals surface area contributed by atoms with Crippen LogP contribution >= 0.6 is 11.8 Å². The lowest BCUT2D eigenvalue weighted by atomic mass is 9.82. The normalized spacial score (nSPS) is 18.4. The molecule has 0 aliphatic heterocycles. The zero-order valence-electron chi connectivity index (χ0n) is 19.8. The smallest absolute Gasteiger partial charge is 0.307 e.